The highest BCUT2D eigenvalue weighted by Crippen LogP contribution is 2.23. The Balaban J connectivity index is 2.02. The smallest absolute Gasteiger partial charge is 0.217 e. The fraction of sp³-hybridized carbons (Fsp3) is 1.00. The number of nitrogens with two attached hydrogens (primary N) is 1. The molecule has 2 N–H and O–H groups in total. The summed E-state index contributed by atoms with van der Waals surface area (Å²) >= 11 is 0. The van der Waals surface area contributed by atoms with Crippen molar-refractivity contribution in [2.75, 3.05) is 33.2 Å². The van der Waals surface area contributed by atoms with Crippen molar-refractivity contribution >= 4 is 10.0 Å². The normalized spacial score (nSPS) is 30.6. The maximum atomic E-state index is 12.4. The number of rotatable bonds is 2. The molecule has 0 aliphatic carbocycles. The first-order valence-corrected chi connectivity index (χ1v) is 7.93. The fourth-order valence-corrected chi connectivity index (χ4v) is 4.71. The molecule has 0 spiro atoms. The molecule has 2 rings (SSSR count). The molecule has 0 radical (unpaired) electrons. The lowest BCUT2D eigenvalue weighted by atomic mass is 10.1. The van der Waals surface area contributed by atoms with Crippen LogP contribution in [0.15, 0.2) is 0 Å². The van der Waals surface area contributed by atoms with Gasteiger partial charge >= 0.3 is 0 Å². The molecule has 2 aliphatic rings. The van der Waals surface area contributed by atoms with E-state index in [1.54, 1.807) is 4.31 Å². The SMILES string of the molecule is CN1CCC(S(=O)(=O)N2CCCC(N)C2)CC1. The van der Waals surface area contributed by atoms with Gasteiger partial charge < -0.3 is 10.6 Å². The van der Waals surface area contributed by atoms with E-state index in [-0.39, 0.29) is 11.3 Å². The lowest BCUT2D eigenvalue weighted by molar-refractivity contribution is 0.264. The van der Waals surface area contributed by atoms with Gasteiger partial charge in [0.05, 0.1) is 5.25 Å². The maximum Gasteiger partial charge on any atom is 0.217 e. The molecule has 2 aliphatic heterocycles. The Hall–Kier alpha value is -0.170. The van der Waals surface area contributed by atoms with Gasteiger partial charge in [0.25, 0.3) is 0 Å². The highest BCUT2D eigenvalue weighted by molar-refractivity contribution is 7.89. The predicted octanol–water partition coefficient (Wildman–Crippen LogP) is -0.166. The minimum Gasteiger partial charge on any atom is -0.327 e. The third-order valence-corrected chi connectivity index (χ3v) is 6.23. The molecule has 0 aromatic heterocycles. The Bertz CT molecular complexity index is 350. The molecule has 6 heteroatoms. The Morgan fingerprint density at radius 2 is 1.76 bits per heavy atom. The second kappa shape index (κ2) is 5.22. The average molecular weight is 261 g/mol. The maximum absolute atomic E-state index is 12.4. The van der Waals surface area contributed by atoms with E-state index >= 15 is 0 Å². The van der Waals surface area contributed by atoms with Crippen molar-refractivity contribution in [2.24, 2.45) is 5.73 Å². The molecule has 17 heavy (non-hydrogen) atoms. The summed E-state index contributed by atoms with van der Waals surface area (Å²) in [6.07, 6.45) is 3.35. The fourth-order valence-electron chi connectivity index (χ4n) is 2.70. The summed E-state index contributed by atoms with van der Waals surface area (Å²) in [6.45, 7) is 2.92. The van der Waals surface area contributed by atoms with Crippen LogP contribution in [-0.4, -0.2) is 62.1 Å². The number of likely N-dealkylation sites (tertiary alicyclic amines) is 1. The third kappa shape index (κ3) is 2.99. The van der Waals surface area contributed by atoms with Gasteiger partial charge in [-0.15, -0.1) is 0 Å². The molecule has 2 saturated heterocycles. The molecule has 2 heterocycles. The zero-order chi connectivity index (χ0) is 12.5. The highest BCUT2D eigenvalue weighted by Gasteiger charge is 2.35. The van der Waals surface area contributed by atoms with Crippen molar-refractivity contribution < 1.29 is 8.42 Å². The van der Waals surface area contributed by atoms with Gasteiger partial charge in [-0.25, -0.2) is 12.7 Å². The Kier molecular flexibility index (Phi) is 4.07. The first-order valence-electron chi connectivity index (χ1n) is 6.43. The summed E-state index contributed by atoms with van der Waals surface area (Å²) in [5.41, 5.74) is 5.86. The second-order valence-corrected chi connectivity index (χ2v) is 7.52. The average Bonchev–Trinajstić information content (AvgIpc) is 2.29. The summed E-state index contributed by atoms with van der Waals surface area (Å²) in [6, 6.07) is 0.0183. The number of piperidine rings is 2. The monoisotopic (exact) mass is 261 g/mol. The summed E-state index contributed by atoms with van der Waals surface area (Å²) < 4.78 is 26.5. The zero-order valence-electron chi connectivity index (χ0n) is 10.5. The molecule has 0 amide bonds. The van der Waals surface area contributed by atoms with Crippen LogP contribution in [0.1, 0.15) is 25.7 Å². The van der Waals surface area contributed by atoms with Crippen LogP contribution < -0.4 is 5.73 Å². The van der Waals surface area contributed by atoms with Crippen LogP contribution in [0, 0.1) is 0 Å². The van der Waals surface area contributed by atoms with Gasteiger partial charge in [-0.3, -0.25) is 0 Å². The molecular formula is C11H23N3O2S. The molecule has 0 saturated carbocycles. The molecule has 0 aromatic carbocycles. The molecule has 2 fully saturated rings. The van der Waals surface area contributed by atoms with Gasteiger partial charge in [0.1, 0.15) is 0 Å². The second-order valence-electron chi connectivity index (χ2n) is 5.31. The molecule has 100 valence electrons. The Morgan fingerprint density at radius 1 is 1.12 bits per heavy atom. The number of sulfonamides is 1. The first-order chi connectivity index (χ1) is 8.00. The van der Waals surface area contributed by atoms with Gasteiger partial charge in [-0.1, -0.05) is 0 Å². The van der Waals surface area contributed by atoms with E-state index in [0.29, 0.717) is 13.1 Å². The van der Waals surface area contributed by atoms with Crippen molar-refractivity contribution in [3.05, 3.63) is 0 Å². The van der Waals surface area contributed by atoms with E-state index in [0.717, 1.165) is 38.8 Å². The van der Waals surface area contributed by atoms with Crippen molar-refractivity contribution in [3.8, 4) is 0 Å². The van der Waals surface area contributed by atoms with E-state index in [2.05, 4.69) is 4.90 Å². The first kappa shape index (κ1) is 13.3. The molecule has 0 aromatic rings. The van der Waals surface area contributed by atoms with Crippen molar-refractivity contribution in [3.63, 3.8) is 0 Å². The van der Waals surface area contributed by atoms with Gasteiger partial charge in [0.15, 0.2) is 0 Å². The number of nitrogens with zero attached hydrogens (tertiary/aromatic N) is 2. The van der Waals surface area contributed by atoms with Crippen LogP contribution in [0.2, 0.25) is 0 Å². The standard InChI is InChI=1S/C11H23N3O2S/c1-13-7-4-11(5-8-13)17(15,16)14-6-2-3-10(12)9-14/h10-11H,2-9,12H2,1H3. The van der Waals surface area contributed by atoms with Crippen LogP contribution in [0.25, 0.3) is 0 Å². The molecule has 1 atom stereocenters. The van der Waals surface area contributed by atoms with E-state index < -0.39 is 10.0 Å². The number of hydrogen-bond donors (Lipinski definition) is 1. The zero-order valence-corrected chi connectivity index (χ0v) is 11.3. The van der Waals surface area contributed by atoms with E-state index in [9.17, 15) is 8.42 Å². The minimum absolute atomic E-state index is 0.0183. The topological polar surface area (TPSA) is 66.6 Å². The van der Waals surface area contributed by atoms with E-state index in [1.165, 1.54) is 0 Å². The molecule has 0 bridgehead atoms. The lowest BCUT2D eigenvalue weighted by Gasteiger charge is -2.35. The highest BCUT2D eigenvalue weighted by atomic mass is 32.2. The molecule has 1 unspecified atom stereocenters. The van der Waals surface area contributed by atoms with Crippen LogP contribution in [0.4, 0.5) is 0 Å². The van der Waals surface area contributed by atoms with Crippen LogP contribution >= 0.6 is 0 Å². The Labute approximate surface area is 104 Å². The Morgan fingerprint density at radius 3 is 2.35 bits per heavy atom. The van der Waals surface area contributed by atoms with Gasteiger partial charge in [0, 0.05) is 19.1 Å². The summed E-state index contributed by atoms with van der Waals surface area (Å²) in [7, 11) is -1.07. The van der Waals surface area contributed by atoms with Crippen molar-refractivity contribution in [2.45, 2.75) is 37.0 Å². The lowest BCUT2D eigenvalue weighted by Crippen LogP contribution is -2.50. The van der Waals surface area contributed by atoms with Gasteiger partial charge in [-0.2, -0.15) is 0 Å². The largest absolute Gasteiger partial charge is 0.327 e. The van der Waals surface area contributed by atoms with Gasteiger partial charge in [-0.05, 0) is 45.8 Å². The van der Waals surface area contributed by atoms with Crippen molar-refractivity contribution in [1.29, 1.82) is 0 Å². The summed E-state index contributed by atoms with van der Waals surface area (Å²) in [4.78, 5) is 2.19. The van der Waals surface area contributed by atoms with Crippen LogP contribution in [0.5, 0.6) is 0 Å². The molecular weight excluding hydrogens is 238 g/mol. The van der Waals surface area contributed by atoms with Gasteiger partial charge in [0.2, 0.25) is 10.0 Å². The number of hydrogen-bond acceptors (Lipinski definition) is 4. The van der Waals surface area contributed by atoms with E-state index in [4.69, 9.17) is 5.73 Å². The third-order valence-electron chi connectivity index (χ3n) is 3.87. The van der Waals surface area contributed by atoms with Crippen LogP contribution in [-0.2, 0) is 10.0 Å². The van der Waals surface area contributed by atoms with Crippen molar-refractivity contribution in [1.82, 2.24) is 9.21 Å². The minimum atomic E-state index is -3.11. The van der Waals surface area contributed by atoms with Crippen LogP contribution in [0.3, 0.4) is 0 Å². The molecule has 5 nitrogen and oxygen atoms in total. The quantitative estimate of drug-likeness (QED) is 0.750. The van der Waals surface area contributed by atoms with E-state index in [1.807, 2.05) is 7.05 Å². The summed E-state index contributed by atoms with van der Waals surface area (Å²) in [5.74, 6) is 0. The summed E-state index contributed by atoms with van der Waals surface area (Å²) in [5, 5.41) is -0.191. The predicted molar refractivity (Wildman–Crippen MR) is 68.2 cm³/mol.